The lowest BCUT2D eigenvalue weighted by atomic mass is 9.81. The first kappa shape index (κ1) is 40.9. The Kier molecular flexibility index (Phi) is 12.6. The molecule has 0 spiro atoms. The van der Waals surface area contributed by atoms with Crippen LogP contribution in [0.4, 0.5) is 11.4 Å². The topological polar surface area (TPSA) is 196 Å². The van der Waals surface area contributed by atoms with Gasteiger partial charge >= 0.3 is 11.3 Å². The minimum Gasteiger partial charge on any atom is -0.506 e. The van der Waals surface area contributed by atoms with Gasteiger partial charge in [-0.3, -0.25) is 9.11 Å². The van der Waals surface area contributed by atoms with E-state index in [1.165, 1.54) is 30.4 Å². The maximum Gasteiger partial charge on any atom is 0.351 e. The molecule has 2 aromatic carbocycles. The zero-order valence-electron chi connectivity index (χ0n) is 31.1. The Morgan fingerprint density at radius 3 is 2.09 bits per heavy atom. The van der Waals surface area contributed by atoms with Gasteiger partial charge in [-0.2, -0.15) is 21.4 Å². The van der Waals surface area contributed by atoms with E-state index in [9.17, 15) is 40.6 Å². The van der Waals surface area contributed by atoms with E-state index in [2.05, 4.69) is 18.7 Å². The number of anilines is 1. The Hall–Kier alpha value is -4.31. The van der Waals surface area contributed by atoms with Gasteiger partial charge in [0.25, 0.3) is 20.2 Å². The second-order valence-electron chi connectivity index (χ2n) is 14.3. The highest BCUT2D eigenvalue weighted by molar-refractivity contribution is 7.86. The molecule has 5 rings (SSSR count). The molecule has 4 aromatic rings. The summed E-state index contributed by atoms with van der Waals surface area (Å²) in [6.07, 6.45) is 11.6. The summed E-state index contributed by atoms with van der Waals surface area (Å²) < 4.78 is 79.1. The SMILES string of the molecule is CCCCCCN(CCCCCC)c1ccc2c(c1)oc(=O)c1c(O)c(C=CC3=[N+](CCCS(=O)(=O)O)c4ccc(S(=O)(=O)O)cc4C3(C)C)c(=O)oc12. The highest BCUT2D eigenvalue weighted by Crippen LogP contribution is 2.42. The van der Waals surface area contributed by atoms with Crippen molar-refractivity contribution in [3.63, 3.8) is 0 Å². The van der Waals surface area contributed by atoms with E-state index in [1.54, 1.807) is 30.6 Å². The molecule has 1 aliphatic heterocycles. The summed E-state index contributed by atoms with van der Waals surface area (Å²) in [4.78, 5) is 28.9. The predicted molar refractivity (Wildman–Crippen MR) is 210 cm³/mol. The number of hydrogen-bond acceptors (Lipinski definition) is 10. The third kappa shape index (κ3) is 8.96. The average Bonchev–Trinajstić information content (AvgIpc) is 3.30. The Bertz CT molecular complexity index is 2430. The molecule has 0 aliphatic carbocycles. The van der Waals surface area contributed by atoms with Crippen molar-refractivity contribution in [3.8, 4) is 5.75 Å². The van der Waals surface area contributed by atoms with Crippen LogP contribution in [0.25, 0.3) is 28.0 Å². The van der Waals surface area contributed by atoms with Gasteiger partial charge < -0.3 is 18.8 Å². The van der Waals surface area contributed by atoms with Crippen LogP contribution < -0.4 is 16.2 Å². The number of benzene rings is 2. The summed E-state index contributed by atoms with van der Waals surface area (Å²) >= 11 is 0. The Morgan fingerprint density at radius 2 is 1.48 bits per heavy atom. The largest absolute Gasteiger partial charge is 0.506 e. The number of unbranched alkanes of at least 4 members (excludes halogenated alkanes) is 6. The van der Waals surface area contributed by atoms with E-state index in [0.717, 1.165) is 70.1 Å². The molecular formula is C39H49N2O11S2+. The smallest absolute Gasteiger partial charge is 0.351 e. The maximum absolute atomic E-state index is 13.5. The van der Waals surface area contributed by atoms with Crippen LogP contribution in [-0.4, -0.2) is 66.7 Å². The van der Waals surface area contributed by atoms with Crippen molar-refractivity contribution in [2.45, 2.75) is 95.8 Å². The lowest BCUT2D eigenvalue weighted by Crippen LogP contribution is -2.28. The van der Waals surface area contributed by atoms with Crippen molar-refractivity contribution in [2.24, 2.45) is 0 Å². The van der Waals surface area contributed by atoms with Crippen LogP contribution in [0, 0.1) is 0 Å². The van der Waals surface area contributed by atoms with Crippen LogP contribution >= 0.6 is 0 Å². The van der Waals surface area contributed by atoms with Crippen molar-refractivity contribution in [3.05, 3.63) is 74.4 Å². The molecule has 0 unspecified atom stereocenters. The third-order valence-corrected chi connectivity index (χ3v) is 11.7. The lowest BCUT2D eigenvalue weighted by molar-refractivity contribution is -0.437. The van der Waals surface area contributed by atoms with E-state index in [-0.39, 0.29) is 40.0 Å². The van der Waals surface area contributed by atoms with Gasteiger partial charge in [-0.1, -0.05) is 52.4 Å². The highest BCUT2D eigenvalue weighted by atomic mass is 32.2. The maximum atomic E-state index is 13.5. The number of fused-ring (bicyclic) bond motifs is 4. The van der Waals surface area contributed by atoms with Crippen molar-refractivity contribution in [1.82, 2.24) is 0 Å². The fourth-order valence-electron chi connectivity index (χ4n) is 7.15. The first-order valence-electron chi connectivity index (χ1n) is 18.4. The van der Waals surface area contributed by atoms with Crippen molar-refractivity contribution < 1.29 is 44.5 Å². The third-order valence-electron chi connectivity index (χ3n) is 10.0. The zero-order chi connectivity index (χ0) is 39.4. The quantitative estimate of drug-likeness (QED) is 0.0303. The van der Waals surface area contributed by atoms with Gasteiger partial charge in [0, 0.05) is 49.0 Å². The number of rotatable bonds is 18. The molecule has 3 N–H and O–H groups in total. The molecule has 0 atom stereocenters. The van der Waals surface area contributed by atoms with E-state index in [1.807, 2.05) is 6.07 Å². The molecule has 2 aromatic heterocycles. The first-order valence-corrected chi connectivity index (χ1v) is 21.4. The molecule has 0 radical (unpaired) electrons. The van der Waals surface area contributed by atoms with Gasteiger partial charge in [0.05, 0.1) is 21.4 Å². The molecule has 13 nitrogen and oxygen atoms in total. The van der Waals surface area contributed by atoms with E-state index in [0.29, 0.717) is 22.3 Å². The van der Waals surface area contributed by atoms with Crippen molar-refractivity contribution in [1.29, 1.82) is 0 Å². The second kappa shape index (κ2) is 16.6. The summed E-state index contributed by atoms with van der Waals surface area (Å²) in [6.45, 7) is 9.62. The minimum absolute atomic E-state index is 0.0135. The summed E-state index contributed by atoms with van der Waals surface area (Å²) in [5.74, 6) is -1.19. The second-order valence-corrected chi connectivity index (χ2v) is 17.3. The fourth-order valence-corrected chi connectivity index (χ4v) is 8.15. The molecule has 3 heterocycles. The molecule has 15 heteroatoms. The molecule has 0 saturated carbocycles. The Balaban J connectivity index is 1.56. The standard InChI is InChI=1S/C39H48N2O11S2/c1-5-7-9-11-20-40(21-12-10-8-6-2)26-14-16-28-32(24-26)51-38(44)34-35(42)29(37(43)52-36(28)34)17-19-33-39(3,4)30-25-27(54(48,49)50)15-18-31(30)41(33)22-13-23-53(45,46)47/h14-19,24-25H,5-13,20-23H2,1-4H3,(H2,45,46,47,48,49,50)/p+1. The molecule has 0 fully saturated rings. The van der Waals surface area contributed by atoms with Gasteiger partial charge in [-0.25, -0.2) is 9.59 Å². The van der Waals surface area contributed by atoms with Crippen molar-refractivity contribution in [2.75, 3.05) is 30.3 Å². The number of allylic oxidation sites excluding steroid dienone is 1. The van der Waals surface area contributed by atoms with Crippen LogP contribution in [0.5, 0.6) is 5.75 Å². The lowest BCUT2D eigenvalue weighted by Gasteiger charge is -2.25. The molecular weight excluding hydrogens is 737 g/mol. The van der Waals surface area contributed by atoms with Crippen molar-refractivity contribution >= 4 is 65.3 Å². The van der Waals surface area contributed by atoms with Gasteiger partial charge in [-0.05, 0) is 57.0 Å². The summed E-state index contributed by atoms with van der Waals surface area (Å²) in [7, 11) is -8.84. The van der Waals surface area contributed by atoms with Crippen LogP contribution in [0.3, 0.4) is 0 Å². The molecule has 1 aliphatic rings. The summed E-state index contributed by atoms with van der Waals surface area (Å²) in [5, 5.41) is 11.4. The van der Waals surface area contributed by atoms with Crippen LogP contribution in [-0.2, 0) is 25.7 Å². The molecule has 292 valence electrons. The molecule has 0 saturated heterocycles. The predicted octanol–water partition coefficient (Wildman–Crippen LogP) is 7.19. The normalized spacial score (nSPS) is 14.5. The molecule has 0 bridgehead atoms. The Labute approximate surface area is 315 Å². The van der Waals surface area contributed by atoms with Gasteiger partial charge in [0.2, 0.25) is 5.69 Å². The molecule has 54 heavy (non-hydrogen) atoms. The monoisotopic (exact) mass is 785 g/mol. The van der Waals surface area contributed by atoms with Gasteiger partial charge in [-0.15, -0.1) is 0 Å². The number of nitrogens with zero attached hydrogens (tertiary/aromatic N) is 2. The van der Waals surface area contributed by atoms with Crippen LogP contribution in [0.15, 0.2) is 65.8 Å². The van der Waals surface area contributed by atoms with E-state index < -0.39 is 48.4 Å². The van der Waals surface area contributed by atoms with Crippen LogP contribution in [0.1, 0.15) is 96.6 Å². The highest BCUT2D eigenvalue weighted by Gasteiger charge is 2.45. The fraction of sp³-hybridized carbons (Fsp3) is 0.462. The summed E-state index contributed by atoms with van der Waals surface area (Å²) in [6, 6.07) is 9.37. The van der Waals surface area contributed by atoms with E-state index in [4.69, 9.17) is 8.83 Å². The van der Waals surface area contributed by atoms with Gasteiger partial charge in [0.1, 0.15) is 28.8 Å². The number of hydrogen-bond donors (Lipinski definition) is 3. The zero-order valence-corrected chi connectivity index (χ0v) is 32.8. The minimum atomic E-state index is -4.56. The first-order chi connectivity index (χ1) is 25.5. The van der Waals surface area contributed by atoms with Gasteiger partial charge in [0.15, 0.2) is 11.3 Å². The van der Waals surface area contributed by atoms with Crippen LogP contribution in [0.2, 0.25) is 0 Å². The Morgan fingerprint density at radius 1 is 0.815 bits per heavy atom. The summed E-state index contributed by atoms with van der Waals surface area (Å²) in [5.41, 5.74) is -0.705. The average molecular weight is 786 g/mol. The molecule has 0 amide bonds. The number of aromatic hydroxyl groups is 1. The van der Waals surface area contributed by atoms with E-state index >= 15 is 0 Å².